The van der Waals surface area contributed by atoms with Crippen LogP contribution in [0.3, 0.4) is 0 Å². The van der Waals surface area contributed by atoms with Crippen molar-refractivity contribution in [1.82, 2.24) is 5.32 Å². The largest absolute Gasteiger partial charge is 0.375 e. The van der Waals surface area contributed by atoms with E-state index in [1.54, 1.807) is 0 Å². The molecule has 1 rings (SSSR count). The molecule has 44 valence electrons. The van der Waals surface area contributed by atoms with Crippen LogP contribution in [0.25, 0.3) is 0 Å². The van der Waals surface area contributed by atoms with Gasteiger partial charge in [0.2, 0.25) is 0 Å². The zero-order valence-electron chi connectivity index (χ0n) is 4.12. The Kier molecular flexibility index (Phi) is 2.14. The minimum atomic E-state index is 0.886. The highest BCUT2D eigenvalue weighted by Gasteiger charge is 1.96. The fourth-order valence-corrected chi connectivity index (χ4v) is 0.995. The summed E-state index contributed by atoms with van der Waals surface area (Å²) in [5.74, 6) is 0. The number of allylic oxidation sites excluding steroid dienone is 2. The van der Waals surface area contributed by atoms with Gasteiger partial charge in [-0.05, 0) is 28.1 Å². The molecule has 1 N–H and O–H groups in total. The lowest BCUT2D eigenvalue weighted by Crippen LogP contribution is -2.13. The SMILES string of the molecule is BrC1=CC=C(Br)NC1. The van der Waals surface area contributed by atoms with Gasteiger partial charge in [0.25, 0.3) is 0 Å². The predicted molar refractivity (Wildman–Crippen MR) is 42.0 cm³/mol. The van der Waals surface area contributed by atoms with E-state index < -0.39 is 0 Å². The number of halogens is 2. The van der Waals surface area contributed by atoms with E-state index in [9.17, 15) is 0 Å². The predicted octanol–water partition coefficient (Wildman–Crippen LogP) is 2.10. The minimum absolute atomic E-state index is 0.886. The first-order valence-corrected chi connectivity index (χ1v) is 3.83. The molecule has 1 aliphatic heterocycles. The van der Waals surface area contributed by atoms with E-state index in [2.05, 4.69) is 37.2 Å². The molecule has 0 atom stereocenters. The highest BCUT2D eigenvalue weighted by atomic mass is 79.9. The highest BCUT2D eigenvalue weighted by Crippen LogP contribution is 2.12. The molecule has 1 nitrogen and oxygen atoms in total. The molecule has 0 saturated heterocycles. The lowest BCUT2D eigenvalue weighted by molar-refractivity contribution is 0.951. The maximum Gasteiger partial charge on any atom is 0.0783 e. The third kappa shape index (κ3) is 1.63. The summed E-state index contributed by atoms with van der Waals surface area (Å²) >= 11 is 6.65. The van der Waals surface area contributed by atoms with E-state index in [0.29, 0.717) is 0 Å². The van der Waals surface area contributed by atoms with Gasteiger partial charge in [0.05, 0.1) is 4.61 Å². The number of dihydropyridines is 1. The first-order chi connectivity index (χ1) is 3.79. The molecular weight excluding hydrogens is 234 g/mol. The third-order valence-electron chi connectivity index (χ3n) is 0.837. The Morgan fingerprint density at radius 3 is 2.50 bits per heavy atom. The Bertz CT molecular complexity index is 131. The van der Waals surface area contributed by atoms with Crippen LogP contribution in [0.5, 0.6) is 0 Å². The van der Waals surface area contributed by atoms with Crippen LogP contribution in [0.4, 0.5) is 0 Å². The second-order valence-electron chi connectivity index (χ2n) is 1.48. The Hall–Kier alpha value is 0.240. The lowest BCUT2D eigenvalue weighted by atomic mass is 10.4. The summed E-state index contributed by atoms with van der Waals surface area (Å²) in [5, 5.41) is 3.09. The monoisotopic (exact) mass is 237 g/mol. The molecule has 0 radical (unpaired) electrons. The third-order valence-corrected chi connectivity index (χ3v) is 1.93. The van der Waals surface area contributed by atoms with Crippen LogP contribution in [0.1, 0.15) is 0 Å². The van der Waals surface area contributed by atoms with Gasteiger partial charge in [0.15, 0.2) is 0 Å². The molecule has 0 fully saturated rings. The van der Waals surface area contributed by atoms with Crippen molar-refractivity contribution in [3.63, 3.8) is 0 Å². The lowest BCUT2D eigenvalue weighted by Gasteiger charge is -2.06. The van der Waals surface area contributed by atoms with Crippen LogP contribution >= 0.6 is 31.9 Å². The molecule has 3 heteroatoms. The summed E-state index contributed by atoms with van der Waals surface area (Å²) in [6.07, 6.45) is 3.98. The smallest absolute Gasteiger partial charge is 0.0783 e. The minimum Gasteiger partial charge on any atom is -0.375 e. The second-order valence-corrected chi connectivity index (χ2v) is 3.35. The van der Waals surface area contributed by atoms with Gasteiger partial charge >= 0.3 is 0 Å². The molecule has 0 aromatic rings. The Labute approximate surface area is 65.1 Å². The average Bonchev–Trinajstić information content (AvgIpc) is 1.77. The summed E-state index contributed by atoms with van der Waals surface area (Å²) < 4.78 is 2.22. The van der Waals surface area contributed by atoms with E-state index in [4.69, 9.17) is 0 Å². The Balaban J connectivity index is 2.65. The van der Waals surface area contributed by atoms with Gasteiger partial charge in [-0.15, -0.1) is 0 Å². The molecule has 0 aromatic carbocycles. The van der Waals surface area contributed by atoms with Crippen molar-refractivity contribution in [2.45, 2.75) is 0 Å². The van der Waals surface area contributed by atoms with Gasteiger partial charge in [-0.2, -0.15) is 0 Å². The first kappa shape index (κ1) is 6.36. The molecule has 0 aromatic heterocycles. The summed E-state index contributed by atoms with van der Waals surface area (Å²) in [5.41, 5.74) is 0. The molecule has 0 unspecified atom stereocenters. The molecule has 0 bridgehead atoms. The molecule has 0 saturated carbocycles. The molecule has 1 heterocycles. The fraction of sp³-hybridized carbons (Fsp3) is 0.200. The van der Waals surface area contributed by atoms with E-state index >= 15 is 0 Å². The van der Waals surface area contributed by atoms with Crippen molar-refractivity contribution in [2.75, 3.05) is 6.54 Å². The molecule has 0 amide bonds. The molecule has 8 heavy (non-hydrogen) atoms. The second kappa shape index (κ2) is 2.69. The zero-order valence-corrected chi connectivity index (χ0v) is 7.29. The van der Waals surface area contributed by atoms with Crippen molar-refractivity contribution in [3.05, 3.63) is 21.2 Å². The normalized spacial score (nSPS) is 18.8. The fourth-order valence-electron chi connectivity index (χ4n) is 0.450. The Morgan fingerprint density at radius 1 is 1.38 bits per heavy atom. The molecule has 0 spiro atoms. The van der Waals surface area contributed by atoms with Gasteiger partial charge in [0, 0.05) is 11.0 Å². The van der Waals surface area contributed by atoms with Crippen molar-refractivity contribution >= 4 is 31.9 Å². The molecule has 1 aliphatic rings. The number of hydrogen-bond acceptors (Lipinski definition) is 1. The van der Waals surface area contributed by atoms with Crippen LogP contribution < -0.4 is 5.32 Å². The van der Waals surface area contributed by atoms with Crippen LogP contribution in [0.15, 0.2) is 21.2 Å². The average molecular weight is 239 g/mol. The Morgan fingerprint density at radius 2 is 2.12 bits per heavy atom. The number of hydrogen-bond donors (Lipinski definition) is 1. The van der Waals surface area contributed by atoms with Crippen molar-refractivity contribution in [3.8, 4) is 0 Å². The summed E-state index contributed by atoms with van der Waals surface area (Å²) in [4.78, 5) is 0. The zero-order chi connectivity index (χ0) is 5.98. The summed E-state index contributed by atoms with van der Waals surface area (Å²) in [7, 11) is 0. The van der Waals surface area contributed by atoms with Crippen LogP contribution in [0.2, 0.25) is 0 Å². The summed E-state index contributed by atoms with van der Waals surface area (Å²) in [6, 6.07) is 0. The van der Waals surface area contributed by atoms with Crippen LogP contribution in [-0.4, -0.2) is 6.54 Å². The van der Waals surface area contributed by atoms with Crippen molar-refractivity contribution in [1.29, 1.82) is 0 Å². The maximum absolute atomic E-state index is 3.35. The topological polar surface area (TPSA) is 12.0 Å². The van der Waals surface area contributed by atoms with Gasteiger partial charge in [-0.1, -0.05) is 15.9 Å². The van der Waals surface area contributed by atoms with Crippen LogP contribution in [0, 0.1) is 0 Å². The van der Waals surface area contributed by atoms with Gasteiger partial charge in [0.1, 0.15) is 0 Å². The van der Waals surface area contributed by atoms with Gasteiger partial charge < -0.3 is 5.32 Å². The highest BCUT2D eigenvalue weighted by molar-refractivity contribution is 9.12. The molecule has 0 aliphatic carbocycles. The molecular formula is C5H5Br2N. The van der Waals surface area contributed by atoms with Crippen LogP contribution in [-0.2, 0) is 0 Å². The maximum atomic E-state index is 3.35. The quantitative estimate of drug-likeness (QED) is 0.638. The van der Waals surface area contributed by atoms with E-state index in [1.807, 2.05) is 12.2 Å². The van der Waals surface area contributed by atoms with Gasteiger partial charge in [-0.3, -0.25) is 0 Å². The van der Waals surface area contributed by atoms with Crippen molar-refractivity contribution in [2.24, 2.45) is 0 Å². The van der Waals surface area contributed by atoms with E-state index in [0.717, 1.165) is 11.2 Å². The standard InChI is InChI=1S/C5H5Br2N/c6-4-1-2-5(7)8-3-4/h1-2,8H,3H2. The number of nitrogens with one attached hydrogen (secondary N) is 1. The first-order valence-electron chi connectivity index (χ1n) is 2.25. The van der Waals surface area contributed by atoms with E-state index in [-0.39, 0.29) is 0 Å². The summed E-state index contributed by atoms with van der Waals surface area (Å²) in [6.45, 7) is 0.886. The number of rotatable bonds is 0. The van der Waals surface area contributed by atoms with Gasteiger partial charge in [-0.25, -0.2) is 0 Å². The van der Waals surface area contributed by atoms with Crippen molar-refractivity contribution < 1.29 is 0 Å². The van der Waals surface area contributed by atoms with E-state index in [1.165, 1.54) is 4.48 Å².